The van der Waals surface area contributed by atoms with Gasteiger partial charge in [0.15, 0.2) is 6.29 Å². The lowest BCUT2D eigenvalue weighted by Gasteiger charge is -2.44. The smallest absolute Gasteiger partial charge is 0.220 e. The summed E-state index contributed by atoms with van der Waals surface area (Å²) in [5.41, 5.74) is 0. The number of hydrogen-bond acceptors (Lipinski definition) is 6. The third-order valence-corrected chi connectivity index (χ3v) is 2.96. The van der Waals surface area contributed by atoms with E-state index in [1.165, 1.54) is 13.0 Å². The lowest BCUT2D eigenvalue weighted by molar-refractivity contribution is -0.269. The molecular weight excluding hydrogens is 242 g/mol. The summed E-state index contributed by atoms with van der Waals surface area (Å²) in [6.07, 6.45) is -3.91. The van der Waals surface area contributed by atoms with Crippen LogP contribution < -0.4 is 0 Å². The van der Waals surface area contributed by atoms with Crippen LogP contribution in [-0.2, 0) is 9.53 Å². The molecule has 0 aromatic heterocycles. The van der Waals surface area contributed by atoms with Gasteiger partial charge in [-0.15, -0.1) is 6.58 Å². The van der Waals surface area contributed by atoms with Crippen molar-refractivity contribution in [3.63, 3.8) is 0 Å². The first kappa shape index (κ1) is 15.1. The van der Waals surface area contributed by atoms with Crippen molar-refractivity contribution >= 4 is 5.91 Å². The molecule has 1 aliphatic rings. The van der Waals surface area contributed by atoms with E-state index in [0.29, 0.717) is 0 Å². The number of amides is 1. The molecular formula is C11H19NO6. The van der Waals surface area contributed by atoms with Crippen LogP contribution in [0.5, 0.6) is 0 Å². The van der Waals surface area contributed by atoms with Crippen molar-refractivity contribution in [1.29, 1.82) is 0 Å². The molecule has 0 spiro atoms. The molecule has 0 radical (unpaired) electrons. The number of aliphatic hydroxyl groups excluding tert-OH is 4. The standard InChI is InChI=1S/C11H19NO6/c1-3-4-12(6(2)14)8-10(16)9(15)7(5-13)18-11(8)17/h3,7-11,13,15-17H,1,4-5H2,2H3/t7-,8-,9-,10-,11+/m1/s1. The van der Waals surface area contributed by atoms with Crippen LogP contribution in [0.1, 0.15) is 6.92 Å². The van der Waals surface area contributed by atoms with Gasteiger partial charge in [0.2, 0.25) is 5.91 Å². The molecule has 1 fully saturated rings. The maximum absolute atomic E-state index is 11.5. The topological polar surface area (TPSA) is 110 Å². The first-order valence-electron chi connectivity index (χ1n) is 5.62. The molecule has 0 bridgehead atoms. The van der Waals surface area contributed by atoms with Crippen molar-refractivity contribution in [2.24, 2.45) is 0 Å². The van der Waals surface area contributed by atoms with Crippen LogP contribution in [0.2, 0.25) is 0 Å². The predicted molar refractivity (Wildman–Crippen MR) is 61.4 cm³/mol. The number of carbonyl (C=O) groups is 1. The van der Waals surface area contributed by atoms with E-state index < -0.39 is 43.2 Å². The third-order valence-electron chi connectivity index (χ3n) is 2.96. The predicted octanol–water partition coefficient (Wildman–Crippen LogP) is -2.18. The van der Waals surface area contributed by atoms with Crippen LogP contribution in [0.15, 0.2) is 12.7 Å². The average Bonchev–Trinajstić information content (AvgIpc) is 2.32. The molecule has 1 aliphatic heterocycles. The van der Waals surface area contributed by atoms with Gasteiger partial charge in [0.1, 0.15) is 24.4 Å². The first-order valence-corrected chi connectivity index (χ1v) is 5.62. The molecule has 4 N–H and O–H groups in total. The van der Waals surface area contributed by atoms with E-state index in [1.54, 1.807) is 0 Å². The second-order valence-electron chi connectivity index (χ2n) is 4.18. The second-order valence-corrected chi connectivity index (χ2v) is 4.18. The van der Waals surface area contributed by atoms with E-state index in [4.69, 9.17) is 9.84 Å². The van der Waals surface area contributed by atoms with Gasteiger partial charge in [-0.2, -0.15) is 0 Å². The van der Waals surface area contributed by atoms with Crippen molar-refractivity contribution in [3.05, 3.63) is 12.7 Å². The number of rotatable bonds is 4. The molecule has 0 aromatic rings. The Morgan fingerprint density at radius 3 is 2.44 bits per heavy atom. The van der Waals surface area contributed by atoms with Gasteiger partial charge >= 0.3 is 0 Å². The fourth-order valence-electron chi connectivity index (χ4n) is 2.02. The van der Waals surface area contributed by atoms with Gasteiger partial charge < -0.3 is 30.1 Å². The Balaban J connectivity index is 2.92. The summed E-state index contributed by atoms with van der Waals surface area (Å²) in [5, 5.41) is 38.3. The molecule has 18 heavy (non-hydrogen) atoms. The van der Waals surface area contributed by atoms with Gasteiger partial charge in [0.25, 0.3) is 0 Å². The first-order chi connectivity index (χ1) is 8.43. The number of ether oxygens (including phenoxy) is 1. The second kappa shape index (κ2) is 6.26. The Morgan fingerprint density at radius 1 is 1.39 bits per heavy atom. The maximum Gasteiger partial charge on any atom is 0.220 e. The van der Waals surface area contributed by atoms with Crippen LogP contribution in [0.4, 0.5) is 0 Å². The highest BCUT2D eigenvalue weighted by atomic mass is 16.6. The number of aliphatic hydroxyl groups is 4. The zero-order chi connectivity index (χ0) is 13.9. The lowest BCUT2D eigenvalue weighted by atomic mass is 9.95. The number of nitrogens with zero attached hydrogens (tertiary/aromatic N) is 1. The molecule has 1 rings (SSSR count). The van der Waals surface area contributed by atoms with Gasteiger partial charge in [-0.05, 0) is 0 Å². The minimum atomic E-state index is -1.48. The van der Waals surface area contributed by atoms with E-state index in [2.05, 4.69) is 6.58 Å². The fraction of sp³-hybridized carbons (Fsp3) is 0.727. The normalized spacial score (nSPS) is 36.2. The maximum atomic E-state index is 11.5. The van der Waals surface area contributed by atoms with E-state index >= 15 is 0 Å². The highest BCUT2D eigenvalue weighted by Gasteiger charge is 2.46. The van der Waals surface area contributed by atoms with Crippen LogP contribution in [-0.4, -0.2) is 75.0 Å². The van der Waals surface area contributed by atoms with Gasteiger partial charge in [-0.1, -0.05) is 6.08 Å². The van der Waals surface area contributed by atoms with Gasteiger partial charge in [0, 0.05) is 13.5 Å². The molecule has 0 saturated carbocycles. The van der Waals surface area contributed by atoms with Crippen LogP contribution in [0.3, 0.4) is 0 Å². The molecule has 0 aromatic carbocycles. The van der Waals surface area contributed by atoms with Crippen LogP contribution >= 0.6 is 0 Å². The van der Waals surface area contributed by atoms with Crippen molar-refractivity contribution in [2.45, 2.75) is 37.6 Å². The van der Waals surface area contributed by atoms with E-state index in [-0.39, 0.29) is 6.54 Å². The Kier molecular flexibility index (Phi) is 5.24. The van der Waals surface area contributed by atoms with E-state index in [9.17, 15) is 20.1 Å². The quantitative estimate of drug-likeness (QED) is 0.428. The van der Waals surface area contributed by atoms with Crippen LogP contribution in [0.25, 0.3) is 0 Å². The number of carbonyl (C=O) groups excluding carboxylic acids is 1. The summed E-state index contributed by atoms with van der Waals surface area (Å²) in [4.78, 5) is 12.6. The molecule has 1 amide bonds. The zero-order valence-electron chi connectivity index (χ0n) is 10.1. The van der Waals surface area contributed by atoms with Crippen molar-refractivity contribution in [2.75, 3.05) is 13.2 Å². The monoisotopic (exact) mass is 261 g/mol. The van der Waals surface area contributed by atoms with Gasteiger partial charge in [0.05, 0.1) is 6.61 Å². The Morgan fingerprint density at radius 2 is 2.00 bits per heavy atom. The van der Waals surface area contributed by atoms with Crippen molar-refractivity contribution < 1.29 is 30.0 Å². The molecule has 1 heterocycles. The van der Waals surface area contributed by atoms with E-state index in [1.807, 2.05) is 0 Å². The molecule has 1 saturated heterocycles. The largest absolute Gasteiger partial charge is 0.394 e. The summed E-state index contributed by atoms with van der Waals surface area (Å²) < 4.78 is 4.98. The molecule has 0 aliphatic carbocycles. The fourth-order valence-corrected chi connectivity index (χ4v) is 2.02. The summed E-state index contributed by atoms with van der Waals surface area (Å²) in [6, 6.07) is -1.10. The summed E-state index contributed by atoms with van der Waals surface area (Å²) >= 11 is 0. The van der Waals surface area contributed by atoms with Crippen LogP contribution in [0, 0.1) is 0 Å². The molecule has 0 unspecified atom stereocenters. The molecule has 5 atom stereocenters. The molecule has 7 nitrogen and oxygen atoms in total. The Labute approximate surface area is 105 Å². The highest BCUT2D eigenvalue weighted by molar-refractivity contribution is 5.74. The van der Waals surface area contributed by atoms with Gasteiger partial charge in [-0.3, -0.25) is 4.79 Å². The summed E-state index contributed by atoms with van der Waals surface area (Å²) in [5.74, 6) is -0.392. The average molecular weight is 261 g/mol. The number of hydrogen-bond donors (Lipinski definition) is 4. The minimum Gasteiger partial charge on any atom is -0.394 e. The minimum absolute atomic E-state index is 0.105. The van der Waals surface area contributed by atoms with Crippen molar-refractivity contribution in [3.8, 4) is 0 Å². The van der Waals surface area contributed by atoms with Gasteiger partial charge in [-0.25, -0.2) is 0 Å². The Hall–Kier alpha value is -0.990. The van der Waals surface area contributed by atoms with E-state index in [0.717, 1.165) is 4.90 Å². The Bertz CT molecular complexity index is 310. The SMILES string of the molecule is C=CCN(C(C)=O)[C@@H]1[C@@H](O)[C@H](O)[C@@H](CO)O[C@@H]1O. The molecule has 7 heteroatoms. The van der Waals surface area contributed by atoms with Crippen molar-refractivity contribution in [1.82, 2.24) is 4.90 Å². The summed E-state index contributed by atoms with van der Waals surface area (Å²) in [7, 11) is 0. The molecule has 104 valence electrons. The zero-order valence-corrected chi connectivity index (χ0v) is 10.1. The highest BCUT2D eigenvalue weighted by Crippen LogP contribution is 2.24. The summed E-state index contributed by atoms with van der Waals surface area (Å²) in [6.45, 7) is 4.32. The lowest BCUT2D eigenvalue weighted by Crippen LogP contribution is -2.64. The third kappa shape index (κ3) is 2.88.